The second kappa shape index (κ2) is 8.87. The lowest BCUT2D eigenvalue weighted by Crippen LogP contribution is -2.49. The molecule has 0 saturated carbocycles. The highest BCUT2D eigenvalue weighted by molar-refractivity contribution is 5.79. The quantitative estimate of drug-likeness (QED) is 0.476. The molecule has 162 valence electrons. The van der Waals surface area contributed by atoms with E-state index in [1.165, 1.54) is 11.1 Å². The van der Waals surface area contributed by atoms with E-state index in [2.05, 4.69) is 46.8 Å². The molecule has 5 nitrogen and oxygen atoms in total. The molecule has 1 aromatic heterocycles. The topological polar surface area (TPSA) is 41.4 Å². The molecule has 1 saturated heterocycles. The predicted molar refractivity (Wildman–Crippen MR) is 129 cm³/mol. The van der Waals surface area contributed by atoms with E-state index in [1.54, 1.807) is 0 Å². The fourth-order valence-corrected chi connectivity index (χ4v) is 4.67. The van der Waals surface area contributed by atoms with Crippen molar-refractivity contribution < 1.29 is 4.79 Å². The molecule has 1 amide bonds. The molecule has 0 spiro atoms. The fraction of sp³-hybridized carbons (Fsp3) is 0.259. The van der Waals surface area contributed by atoms with Crippen molar-refractivity contribution in [2.75, 3.05) is 31.1 Å². The number of piperazine rings is 1. The third-order valence-electron chi connectivity index (χ3n) is 6.46. The zero-order valence-electron chi connectivity index (χ0n) is 18.4. The van der Waals surface area contributed by atoms with Crippen LogP contribution in [0.1, 0.15) is 23.5 Å². The lowest BCUT2D eigenvalue weighted by Gasteiger charge is -2.36. The van der Waals surface area contributed by atoms with Crippen LogP contribution in [-0.2, 0) is 11.8 Å². The number of carbonyl (C=O) groups excluding carboxylic acids is 1. The first-order valence-electron chi connectivity index (χ1n) is 11.2. The van der Waals surface area contributed by atoms with Crippen molar-refractivity contribution >= 4 is 22.9 Å². The molecule has 1 fully saturated rings. The predicted octanol–water partition coefficient (Wildman–Crippen LogP) is 4.44. The summed E-state index contributed by atoms with van der Waals surface area (Å²) in [5.74, 6) is 1.26. The number of hydrogen-bond acceptors (Lipinski definition) is 3. The molecule has 5 heteroatoms. The Bertz CT molecular complexity index is 1150. The van der Waals surface area contributed by atoms with Crippen LogP contribution in [-0.4, -0.2) is 46.5 Å². The average Bonchev–Trinajstić information content (AvgIpc) is 3.20. The standard InChI is InChI=1S/C27H28N4O/c1-29-25-15-9-8-14-24(25)28-27(29)31-18-16-30(17-19-31)26(32)20-23(21-10-4-2-5-11-21)22-12-6-3-7-13-22/h2-15,23H,16-20H2,1H3. The summed E-state index contributed by atoms with van der Waals surface area (Å²) in [6.45, 7) is 3.03. The molecule has 0 aliphatic carbocycles. The highest BCUT2D eigenvalue weighted by Crippen LogP contribution is 2.29. The van der Waals surface area contributed by atoms with Crippen LogP contribution < -0.4 is 4.90 Å². The van der Waals surface area contributed by atoms with Gasteiger partial charge in [-0.15, -0.1) is 0 Å². The summed E-state index contributed by atoms with van der Waals surface area (Å²) >= 11 is 0. The number of amides is 1. The van der Waals surface area contributed by atoms with Crippen LogP contribution in [0.4, 0.5) is 5.95 Å². The Morgan fingerprint density at radius 2 is 1.38 bits per heavy atom. The van der Waals surface area contributed by atoms with Gasteiger partial charge in [0.15, 0.2) is 0 Å². The van der Waals surface area contributed by atoms with Gasteiger partial charge in [0, 0.05) is 45.6 Å². The zero-order valence-corrected chi connectivity index (χ0v) is 18.4. The number of imidazole rings is 1. The Hall–Kier alpha value is -3.60. The van der Waals surface area contributed by atoms with Gasteiger partial charge in [-0.3, -0.25) is 4.79 Å². The molecule has 5 rings (SSSR count). The van der Waals surface area contributed by atoms with Gasteiger partial charge in [0.05, 0.1) is 11.0 Å². The van der Waals surface area contributed by atoms with Crippen LogP contribution in [0.3, 0.4) is 0 Å². The maximum Gasteiger partial charge on any atom is 0.223 e. The Labute approximate surface area is 188 Å². The summed E-state index contributed by atoms with van der Waals surface area (Å²) in [6, 6.07) is 28.9. The van der Waals surface area contributed by atoms with E-state index in [0.29, 0.717) is 6.42 Å². The molecule has 0 radical (unpaired) electrons. The SMILES string of the molecule is Cn1c(N2CCN(C(=O)CC(c3ccccc3)c3ccccc3)CC2)nc2ccccc21. The Morgan fingerprint density at radius 1 is 0.812 bits per heavy atom. The summed E-state index contributed by atoms with van der Waals surface area (Å²) in [5, 5.41) is 0. The molecule has 3 aromatic carbocycles. The number of benzene rings is 3. The molecular weight excluding hydrogens is 396 g/mol. The lowest BCUT2D eigenvalue weighted by atomic mass is 9.88. The first kappa shape index (κ1) is 20.3. The maximum atomic E-state index is 13.3. The number of fused-ring (bicyclic) bond motifs is 1. The van der Waals surface area contributed by atoms with Crippen LogP contribution in [0.2, 0.25) is 0 Å². The molecule has 32 heavy (non-hydrogen) atoms. The van der Waals surface area contributed by atoms with Crippen LogP contribution in [0.25, 0.3) is 11.0 Å². The zero-order chi connectivity index (χ0) is 21.9. The maximum absolute atomic E-state index is 13.3. The van der Waals surface area contributed by atoms with Gasteiger partial charge in [0.25, 0.3) is 0 Å². The van der Waals surface area contributed by atoms with E-state index in [1.807, 2.05) is 59.5 Å². The Kier molecular flexibility index (Phi) is 5.63. The number of hydrogen-bond donors (Lipinski definition) is 0. The normalized spacial score (nSPS) is 14.3. The van der Waals surface area contributed by atoms with Crippen LogP contribution in [0.5, 0.6) is 0 Å². The van der Waals surface area contributed by atoms with Crippen LogP contribution in [0.15, 0.2) is 84.9 Å². The van der Waals surface area contributed by atoms with E-state index >= 15 is 0 Å². The minimum atomic E-state index is 0.0720. The number of nitrogens with zero attached hydrogens (tertiary/aromatic N) is 4. The van der Waals surface area contributed by atoms with Crippen molar-refractivity contribution in [1.82, 2.24) is 14.5 Å². The number of rotatable bonds is 5. The van der Waals surface area contributed by atoms with E-state index in [0.717, 1.165) is 43.2 Å². The average molecular weight is 425 g/mol. The number of carbonyl (C=O) groups is 1. The van der Waals surface area contributed by atoms with Crippen molar-refractivity contribution in [3.8, 4) is 0 Å². The van der Waals surface area contributed by atoms with Gasteiger partial charge in [-0.25, -0.2) is 4.98 Å². The van der Waals surface area contributed by atoms with Gasteiger partial charge < -0.3 is 14.4 Å². The molecule has 4 aromatic rings. The summed E-state index contributed by atoms with van der Waals surface area (Å²) in [4.78, 5) is 22.4. The highest BCUT2D eigenvalue weighted by atomic mass is 16.2. The molecule has 0 N–H and O–H groups in total. The first-order valence-corrected chi connectivity index (χ1v) is 11.2. The molecule has 0 unspecified atom stereocenters. The first-order chi connectivity index (χ1) is 15.7. The van der Waals surface area contributed by atoms with Crippen molar-refractivity contribution in [3.63, 3.8) is 0 Å². The second-order valence-electron chi connectivity index (χ2n) is 8.41. The number of aromatic nitrogens is 2. The summed E-state index contributed by atoms with van der Waals surface area (Å²) < 4.78 is 2.15. The third-order valence-corrected chi connectivity index (χ3v) is 6.46. The van der Waals surface area contributed by atoms with Gasteiger partial charge in [-0.2, -0.15) is 0 Å². The largest absolute Gasteiger partial charge is 0.339 e. The number of anilines is 1. The Morgan fingerprint density at radius 3 is 1.97 bits per heavy atom. The van der Waals surface area contributed by atoms with Crippen molar-refractivity contribution in [1.29, 1.82) is 0 Å². The molecule has 1 aliphatic heterocycles. The van der Waals surface area contributed by atoms with Gasteiger partial charge in [-0.1, -0.05) is 72.8 Å². The molecular formula is C27H28N4O. The molecule has 0 bridgehead atoms. The van der Waals surface area contributed by atoms with Gasteiger partial charge in [0.2, 0.25) is 11.9 Å². The third kappa shape index (κ3) is 3.98. The van der Waals surface area contributed by atoms with Crippen LogP contribution >= 0.6 is 0 Å². The van der Waals surface area contributed by atoms with Gasteiger partial charge >= 0.3 is 0 Å². The number of aryl methyl sites for hydroxylation is 1. The van der Waals surface area contributed by atoms with E-state index in [-0.39, 0.29) is 11.8 Å². The number of para-hydroxylation sites is 2. The minimum Gasteiger partial charge on any atom is -0.339 e. The highest BCUT2D eigenvalue weighted by Gasteiger charge is 2.26. The van der Waals surface area contributed by atoms with Gasteiger partial charge in [-0.05, 0) is 23.3 Å². The second-order valence-corrected chi connectivity index (χ2v) is 8.41. The lowest BCUT2D eigenvalue weighted by molar-refractivity contribution is -0.131. The van der Waals surface area contributed by atoms with Crippen molar-refractivity contribution in [2.24, 2.45) is 7.05 Å². The van der Waals surface area contributed by atoms with Crippen LogP contribution in [0, 0.1) is 0 Å². The minimum absolute atomic E-state index is 0.0720. The van der Waals surface area contributed by atoms with Crippen molar-refractivity contribution in [2.45, 2.75) is 12.3 Å². The van der Waals surface area contributed by atoms with E-state index < -0.39 is 0 Å². The molecule has 0 atom stereocenters. The molecule has 1 aliphatic rings. The monoisotopic (exact) mass is 424 g/mol. The summed E-state index contributed by atoms with van der Waals surface area (Å²) in [7, 11) is 2.06. The van der Waals surface area contributed by atoms with Crippen molar-refractivity contribution in [3.05, 3.63) is 96.1 Å². The summed E-state index contributed by atoms with van der Waals surface area (Å²) in [6.07, 6.45) is 0.486. The Balaban J connectivity index is 1.28. The fourth-order valence-electron chi connectivity index (χ4n) is 4.67. The molecule has 2 heterocycles. The van der Waals surface area contributed by atoms with E-state index in [9.17, 15) is 4.79 Å². The summed E-state index contributed by atoms with van der Waals surface area (Å²) in [5.41, 5.74) is 4.52. The smallest absolute Gasteiger partial charge is 0.223 e. The van der Waals surface area contributed by atoms with E-state index in [4.69, 9.17) is 4.98 Å². The van der Waals surface area contributed by atoms with Gasteiger partial charge in [0.1, 0.15) is 0 Å².